The van der Waals surface area contributed by atoms with Crippen molar-refractivity contribution in [2.75, 3.05) is 0 Å². The van der Waals surface area contributed by atoms with Crippen LogP contribution < -0.4 is 11.3 Å². The van der Waals surface area contributed by atoms with Crippen molar-refractivity contribution in [1.82, 2.24) is 5.43 Å². The smallest absolute Gasteiger partial charge is 0.0521 e. The molecule has 3 N–H and O–H groups in total. The molecule has 0 spiro atoms. The zero-order valence-electron chi connectivity index (χ0n) is 8.62. The summed E-state index contributed by atoms with van der Waals surface area (Å²) < 4.78 is 0. The van der Waals surface area contributed by atoms with Crippen LogP contribution in [0.25, 0.3) is 0 Å². The van der Waals surface area contributed by atoms with Crippen molar-refractivity contribution < 1.29 is 0 Å². The lowest BCUT2D eigenvalue weighted by Gasteiger charge is -2.33. The van der Waals surface area contributed by atoms with Crippen LogP contribution in [-0.4, -0.2) is 0 Å². The summed E-state index contributed by atoms with van der Waals surface area (Å²) in [5, 5.41) is 4.33. The fraction of sp³-hybridized carbons (Fsp3) is 0.636. The van der Waals surface area contributed by atoms with Crippen molar-refractivity contribution in [2.45, 2.75) is 38.6 Å². The van der Waals surface area contributed by atoms with Gasteiger partial charge in [-0.25, -0.2) is 0 Å². The first-order valence-corrected chi connectivity index (χ1v) is 6.19. The van der Waals surface area contributed by atoms with Crippen LogP contribution in [0.5, 0.6) is 0 Å². The van der Waals surface area contributed by atoms with Crippen LogP contribution >= 0.6 is 11.3 Å². The van der Waals surface area contributed by atoms with Crippen LogP contribution in [0.15, 0.2) is 16.8 Å². The molecule has 2 rings (SSSR count). The third-order valence-corrected chi connectivity index (χ3v) is 4.19. The molecule has 1 saturated carbocycles. The van der Waals surface area contributed by atoms with Gasteiger partial charge in [-0.3, -0.25) is 11.3 Å². The van der Waals surface area contributed by atoms with Gasteiger partial charge in [0, 0.05) is 0 Å². The summed E-state index contributed by atoms with van der Waals surface area (Å²) in [5.41, 5.74) is 4.70. The van der Waals surface area contributed by atoms with Crippen molar-refractivity contribution >= 4 is 11.3 Å². The Morgan fingerprint density at radius 3 is 2.71 bits per heavy atom. The van der Waals surface area contributed by atoms with E-state index in [0.29, 0.717) is 11.5 Å². The Hall–Kier alpha value is -0.380. The van der Waals surface area contributed by atoms with Gasteiger partial charge in [-0.1, -0.05) is 19.8 Å². The summed E-state index contributed by atoms with van der Waals surface area (Å²) in [7, 11) is 0. The molecule has 1 aliphatic rings. The molecule has 0 saturated heterocycles. The Morgan fingerprint density at radius 2 is 2.21 bits per heavy atom. The van der Waals surface area contributed by atoms with Crippen LogP contribution in [0.4, 0.5) is 0 Å². The van der Waals surface area contributed by atoms with E-state index in [4.69, 9.17) is 5.84 Å². The van der Waals surface area contributed by atoms with Gasteiger partial charge < -0.3 is 0 Å². The van der Waals surface area contributed by atoms with E-state index in [1.807, 2.05) is 0 Å². The molecule has 14 heavy (non-hydrogen) atoms. The van der Waals surface area contributed by atoms with Crippen molar-refractivity contribution in [3.63, 3.8) is 0 Å². The van der Waals surface area contributed by atoms with Gasteiger partial charge in [0.2, 0.25) is 0 Å². The predicted molar refractivity (Wildman–Crippen MR) is 61.0 cm³/mol. The Labute approximate surface area is 89.5 Å². The summed E-state index contributed by atoms with van der Waals surface area (Å²) >= 11 is 1.75. The minimum atomic E-state index is 0.330. The highest BCUT2D eigenvalue weighted by Crippen LogP contribution is 2.47. The zero-order valence-corrected chi connectivity index (χ0v) is 9.44. The molecule has 1 aromatic heterocycles. The molecule has 2 nitrogen and oxygen atoms in total. The maximum absolute atomic E-state index is 5.68. The highest BCUT2D eigenvalue weighted by molar-refractivity contribution is 7.07. The number of hydrazine groups is 1. The summed E-state index contributed by atoms with van der Waals surface area (Å²) in [4.78, 5) is 0. The Morgan fingerprint density at radius 1 is 1.50 bits per heavy atom. The minimum Gasteiger partial charge on any atom is -0.271 e. The van der Waals surface area contributed by atoms with Crippen molar-refractivity contribution in [3.8, 4) is 0 Å². The number of hydrogen-bond acceptors (Lipinski definition) is 3. The average Bonchev–Trinajstić information content (AvgIpc) is 2.78. The van der Waals surface area contributed by atoms with E-state index in [1.54, 1.807) is 11.3 Å². The Balaban J connectivity index is 2.20. The second-order valence-electron chi connectivity index (χ2n) is 4.52. The average molecular weight is 210 g/mol. The van der Waals surface area contributed by atoms with Gasteiger partial charge in [-0.05, 0) is 40.6 Å². The third-order valence-electron chi connectivity index (χ3n) is 3.49. The van der Waals surface area contributed by atoms with Crippen LogP contribution in [0.3, 0.4) is 0 Å². The second kappa shape index (κ2) is 4.01. The highest BCUT2D eigenvalue weighted by atomic mass is 32.1. The molecule has 1 atom stereocenters. The molecule has 78 valence electrons. The molecule has 1 fully saturated rings. The van der Waals surface area contributed by atoms with Gasteiger partial charge in [-0.15, -0.1) is 0 Å². The van der Waals surface area contributed by atoms with Crippen LogP contribution in [0.1, 0.15) is 44.2 Å². The fourth-order valence-corrected chi connectivity index (χ4v) is 3.30. The first-order chi connectivity index (χ1) is 6.76. The molecule has 3 heteroatoms. The molecule has 1 heterocycles. The molecular formula is C11H18N2S. The molecule has 0 bridgehead atoms. The second-order valence-corrected chi connectivity index (χ2v) is 5.30. The maximum atomic E-state index is 5.68. The largest absolute Gasteiger partial charge is 0.271 e. The summed E-state index contributed by atoms with van der Waals surface area (Å²) in [6.07, 6.45) is 5.27. The lowest BCUT2D eigenvalue weighted by Crippen LogP contribution is -2.38. The number of rotatable bonds is 3. The molecule has 1 aromatic rings. The van der Waals surface area contributed by atoms with Gasteiger partial charge in [0.05, 0.1) is 6.04 Å². The fourth-order valence-electron chi connectivity index (χ4n) is 2.61. The predicted octanol–water partition coefficient (Wildman–Crippen LogP) is 2.83. The topological polar surface area (TPSA) is 38.0 Å². The number of nitrogens with two attached hydrogens (primary N) is 1. The van der Waals surface area contributed by atoms with Crippen molar-refractivity contribution in [2.24, 2.45) is 11.3 Å². The molecule has 0 aliphatic heterocycles. The molecule has 0 amide bonds. The van der Waals surface area contributed by atoms with E-state index >= 15 is 0 Å². The SMILES string of the molecule is CC1(C(NN)c2ccsc2)CCCC1. The van der Waals surface area contributed by atoms with Crippen molar-refractivity contribution in [1.29, 1.82) is 0 Å². The quantitative estimate of drug-likeness (QED) is 0.594. The molecule has 0 radical (unpaired) electrons. The van der Waals surface area contributed by atoms with E-state index in [1.165, 1.54) is 31.2 Å². The number of thiophene rings is 1. The lowest BCUT2D eigenvalue weighted by atomic mass is 9.78. The first kappa shape index (κ1) is 10.1. The van der Waals surface area contributed by atoms with E-state index < -0.39 is 0 Å². The van der Waals surface area contributed by atoms with Crippen LogP contribution in [0, 0.1) is 5.41 Å². The van der Waals surface area contributed by atoms with E-state index in [0.717, 1.165) is 0 Å². The monoisotopic (exact) mass is 210 g/mol. The van der Waals surface area contributed by atoms with Gasteiger partial charge in [-0.2, -0.15) is 11.3 Å². The number of hydrogen-bond donors (Lipinski definition) is 2. The van der Waals surface area contributed by atoms with Gasteiger partial charge in [0.15, 0.2) is 0 Å². The molecule has 0 aromatic carbocycles. The van der Waals surface area contributed by atoms with Gasteiger partial charge in [0.1, 0.15) is 0 Å². The molecule has 1 aliphatic carbocycles. The zero-order chi connectivity index (χ0) is 10.0. The van der Waals surface area contributed by atoms with E-state index in [-0.39, 0.29) is 0 Å². The molecule has 1 unspecified atom stereocenters. The number of nitrogens with one attached hydrogen (secondary N) is 1. The van der Waals surface area contributed by atoms with Gasteiger partial charge >= 0.3 is 0 Å². The van der Waals surface area contributed by atoms with E-state index in [2.05, 4.69) is 29.2 Å². The third kappa shape index (κ3) is 1.72. The first-order valence-electron chi connectivity index (χ1n) is 5.24. The standard InChI is InChI=1S/C11H18N2S/c1-11(5-2-3-6-11)10(13-12)9-4-7-14-8-9/h4,7-8,10,13H,2-3,5-6,12H2,1H3. The van der Waals surface area contributed by atoms with Crippen LogP contribution in [0.2, 0.25) is 0 Å². The Bertz CT molecular complexity index is 275. The Kier molecular flexibility index (Phi) is 2.91. The summed E-state index contributed by atoms with van der Waals surface area (Å²) in [6, 6.07) is 2.51. The van der Waals surface area contributed by atoms with Crippen LogP contribution in [-0.2, 0) is 0 Å². The minimum absolute atomic E-state index is 0.330. The van der Waals surface area contributed by atoms with Crippen molar-refractivity contribution in [3.05, 3.63) is 22.4 Å². The highest BCUT2D eigenvalue weighted by Gasteiger charge is 2.37. The lowest BCUT2D eigenvalue weighted by molar-refractivity contribution is 0.225. The summed E-state index contributed by atoms with van der Waals surface area (Å²) in [6.45, 7) is 2.35. The molecular weight excluding hydrogens is 192 g/mol. The van der Waals surface area contributed by atoms with Gasteiger partial charge in [0.25, 0.3) is 0 Å². The maximum Gasteiger partial charge on any atom is 0.0521 e. The summed E-state index contributed by atoms with van der Waals surface area (Å²) in [5.74, 6) is 5.68. The normalized spacial score (nSPS) is 22.4. The van der Waals surface area contributed by atoms with E-state index in [9.17, 15) is 0 Å².